The van der Waals surface area contributed by atoms with E-state index in [4.69, 9.17) is 52.5 Å². The number of methoxy groups -OCH3 is 4. The number of hydrogen-bond donors (Lipinski definition) is 2. The number of phenolic OH excluding ortho intramolecular Hbond substituents is 1. The van der Waals surface area contributed by atoms with Crippen molar-refractivity contribution in [2.75, 3.05) is 128 Å². The minimum Gasteiger partial charge on any atom is -0.508 e. The number of aromatic hydroxyl groups is 1. The topological polar surface area (TPSA) is 207 Å². The molecule has 0 saturated carbocycles. The highest BCUT2D eigenvalue weighted by Gasteiger charge is 2.23. The Labute approximate surface area is 423 Å². The number of benzene rings is 4. The normalized spacial score (nSPS) is 13.1. The van der Waals surface area contributed by atoms with Crippen molar-refractivity contribution in [3.05, 3.63) is 107 Å². The molecule has 0 unspecified atom stereocenters. The SMILES string of the molecule is CCOc1cc(C2=NN(C(=O)c3ccc(O)cc3)CCC2)ccc1OC.CCOc1cc(C2=NN(C(=O)c3ccc(OCCOCCOCCOC)cc3)CCC2)ccc1OC.COCCOCCOCO. The van der Waals surface area contributed by atoms with Gasteiger partial charge in [-0.15, -0.1) is 0 Å². The Morgan fingerprint density at radius 3 is 1.35 bits per heavy atom. The number of hydrazone groups is 2. The highest BCUT2D eigenvalue weighted by Crippen LogP contribution is 2.31. The minimum absolute atomic E-state index is 0.131. The van der Waals surface area contributed by atoms with E-state index in [9.17, 15) is 14.7 Å². The van der Waals surface area contributed by atoms with Crippen LogP contribution in [-0.4, -0.2) is 171 Å². The molecule has 2 heterocycles. The molecule has 2 aliphatic rings. The monoisotopic (exact) mass is 1000 g/mol. The van der Waals surface area contributed by atoms with Crippen LogP contribution >= 0.6 is 0 Å². The predicted octanol–water partition coefficient (Wildman–Crippen LogP) is 6.85. The van der Waals surface area contributed by atoms with E-state index in [0.717, 1.165) is 48.2 Å². The average Bonchev–Trinajstić information content (AvgIpc) is 3.42. The Morgan fingerprint density at radius 2 is 0.931 bits per heavy atom. The molecule has 0 bridgehead atoms. The van der Waals surface area contributed by atoms with Gasteiger partial charge in [-0.05, 0) is 124 Å². The van der Waals surface area contributed by atoms with E-state index in [1.807, 2.05) is 50.2 Å². The summed E-state index contributed by atoms with van der Waals surface area (Å²) >= 11 is 0. The lowest BCUT2D eigenvalue weighted by Crippen LogP contribution is -2.32. The van der Waals surface area contributed by atoms with Crippen LogP contribution in [0.4, 0.5) is 0 Å². The largest absolute Gasteiger partial charge is 0.508 e. The van der Waals surface area contributed by atoms with E-state index in [0.29, 0.717) is 132 Å². The van der Waals surface area contributed by atoms with Gasteiger partial charge in [0, 0.05) is 49.6 Å². The molecule has 0 saturated heterocycles. The maximum Gasteiger partial charge on any atom is 0.273 e. The second-order valence-electron chi connectivity index (χ2n) is 15.5. The lowest BCUT2D eigenvalue weighted by Gasteiger charge is -2.24. The first kappa shape index (κ1) is 58.3. The van der Waals surface area contributed by atoms with E-state index >= 15 is 0 Å². The van der Waals surface area contributed by atoms with Crippen LogP contribution in [0.5, 0.6) is 34.5 Å². The summed E-state index contributed by atoms with van der Waals surface area (Å²) in [5.74, 6) is 3.16. The summed E-state index contributed by atoms with van der Waals surface area (Å²) in [6.45, 7) is 10.9. The van der Waals surface area contributed by atoms with Crippen molar-refractivity contribution >= 4 is 23.2 Å². The number of carbonyl (C=O) groups excluding carboxylic acids is 2. The molecule has 2 amide bonds. The van der Waals surface area contributed by atoms with Crippen LogP contribution in [0.1, 0.15) is 71.4 Å². The molecule has 0 aromatic heterocycles. The second-order valence-corrected chi connectivity index (χ2v) is 15.5. The molecular weight excluding hydrogens is 933 g/mol. The zero-order valence-electron chi connectivity index (χ0n) is 42.5. The summed E-state index contributed by atoms with van der Waals surface area (Å²) < 4.78 is 57.8. The van der Waals surface area contributed by atoms with Crippen LogP contribution in [0.3, 0.4) is 0 Å². The van der Waals surface area contributed by atoms with Gasteiger partial charge in [0.1, 0.15) is 24.9 Å². The smallest absolute Gasteiger partial charge is 0.273 e. The number of rotatable bonds is 27. The maximum absolute atomic E-state index is 13.1. The third kappa shape index (κ3) is 20.1. The lowest BCUT2D eigenvalue weighted by atomic mass is 10.0. The summed E-state index contributed by atoms with van der Waals surface area (Å²) in [6, 6.07) is 24.7. The van der Waals surface area contributed by atoms with E-state index < -0.39 is 0 Å². The van der Waals surface area contributed by atoms with Gasteiger partial charge in [0.05, 0.1) is 98.3 Å². The fraction of sp³-hybridized carbons (Fsp3) is 0.472. The first-order valence-electron chi connectivity index (χ1n) is 24.0. The van der Waals surface area contributed by atoms with Crippen LogP contribution in [0, 0.1) is 0 Å². The highest BCUT2D eigenvalue weighted by atomic mass is 16.6. The van der Waals surface area contributed by atoms with Crippen LogP contribution in [0.2, 0.25) is 0 Å². The van der Waals surface area contributed by atoms with Crippen molar-refractivity contribution in [1.82, 2.24) is 10.0 Å². The number of nitrogens with zero attached hydrogens (tertiary/aromatic N) is 4. The average molecular weight is 1010 g/mol. The Bertz CT molecular complexity index is 2230. The molecule has 2 aliphatic heterocycles. The van der Waals surface area contributed by atoms with Crippen molar-refractivity contribution in [3.8, 4) is 34.5 Å². The summed E-state index contributed by atoms with van der Waals surface area (Å²) in [5.41, 5.74) is 4.58. The quantitative estimate of drug-likeness (QED) is 0.0463. The van der Waals surface area contributed by atoms with E-state index in [1.54, 1.807) is 64.8 Å². The Hall–Kier alpha value is -6.32. The summed E-state index contributed by atoms with van der Waals surface area (Å²) in [7, 11) is 6.48. The van der Waals surface area contributed by atoms with Gasteiger partial charge in [0.15, 0.2) is 23.0 Å². The fourth-order valence-electron chi connectivity index (χ4n) is 6.94. The number of aliphatic hydroxyl groups excluding tert-OH is 1. The Morgan fingerprint density at radius 1 is 0.514 bits per heavy atom. The Kier molecular flexibility index (Phi) is 27.6. The number of ether oxygens (including phenoxy) is 11. The molecule has 0 spiro atoms. The van der Waals surface area contributed by atoms with Gasteiger partial charge in [-0.2, -0.15) is 10.2 Å². The van der Waals surface area contributed by atoms with Crippen molar-refractivity contribution in [2.24, 2.45) is 10.2 Å². The molecule has 0 aliphatic carbocycles. The van der Waals surface area contributed by atoms with Crippen molar-refractivity contribution < 1.29 is 71.9 Å². The molecule has 2 N–H and O–H groups in total. The number of hydrogen-bond acceptors (Lipinski definition) is 17. The summed E-state index contributed by atoms with van der Waals surface area (Å²) in [5, 5.41) is 29.8. The first-order chi connectivity index (χ1) is 35.2. The van der Waals surface area contributed by atoms with Gasteiger partial charge >= 0.3 is 0 Å². The van der Waals surface area contributed by atoms with Crippen molar-refractivity contribution in [1.29, 1.82) is 0 Å². The molecule has 72 heavy (non-hydrogen) atoms. The zero-order chi connectivity index (χ0) is 51.8. The van der Waals surface area contributed by atoms with Gasteiger partial charge < -0.3 is 62.3 Å². The standard InChI is InChI=1S/C27H36N2O7.C20H22N2O4.C6H14O4/c1-4-35-26-20-22(9-12-25(26)32-3)24-6-5-13-29(28-24)27(30)21-7-10-23(11-8-21)36-19-18-34-17-16-33-15-14-31-2;1-3-26-19-13-15(8-11-18(19)25-2)17-5-4-12-22(21-17)20(24)14-6-9-16(23)10-7-14;1-8-2-3-9-4-5-10-6-7/h7-12,20H,4-6,13-19H2,1-3H3;6-11,13,23H,3-5,12H2,1-2H3;7H,2-6H2,1H3. The molecule has 4 aromatic rings. The number of aliphatic hydroxyl groups is 1. The van der Waals surface area contributed by atoms with E-state index in [1.165, 1.54) is 22.2 Å². The number of carbonyl (C=O) groups is 2. The van der Waals surface area contributed by atoms with Gasteiger partial charge in [-0.1, -0.05) is 0 Å². The molecule has 19 nitrogen and oxygen atoms in total. The van der Waals surface area contributed by atoms with E-state index in [2.05, 4.69) is 14.9 Å². The zero-order valence-corrected chi connectivity index (χ0v) is 42.5. The van der Waals surface area contributed by atoms with Crippen LogP contribution < -0.4 is 23.7 Å². The molecule has 0 atom stereocenters. The van der Waals surface area contributed by atoms with Crippen LogP contribution in [0.25, 0.3) is 0 Å². The van der Waals surface area contributed by atoms with Crippen LogP contribution in [0.15, 0.2) is 95.1 Å². The van der Waals surface area contributed by atoms with Crippen LogP contribution in [-0.2, 0) is 28.4 Å². The highest BCUT2D eigenvalue weighted by molar-refractivity contribution is 6.04. The van der Waals surface area contributed by atoms with Crippen molar-refractivity contribution in [3.63, 3.8) is 0 Å². The second kappa shape index (κ2) is 34.1. The molecule has 4 aromatic carbocycles. The van der Waals surface area contributed by atoms with Gasteiger partial charge in [0.25, 0.3) is 11.8 Å². The summed E-state index contributed by atoms with van der Waals surface area (Å²) in [4.78, 5) is 25.7. The molecule has 6 rings (SSSR count). The predicted molar refractivity (Wildman–Crippen MR) is 271 cm³/mol. The van der Waals surface area contributed by atoms with Gasteiger partial charge in [0.2, 0.25) is 0 Å². The number of phenols is 1. The first-order valence-corrected chi connectivity index (χ1v) is 24.0. The number of amides is 2. The van der Waals surface area contributed by atoms with Gasteiger partial charge in [-0.25, -0.2) is 10.0 Å². The summed E-state index contributed by atoms with van der Waals surface area (Å²) in [6.07, 6.45) is 3.24. The fourth-order valence-corrected chi connectivity index (χ4v) is 6.94. The van der Waals surface area contributed by atoms with E-state index in [-0.39, 0.29) is 24.4 Å². The maximum atomic E-state index is 13.1. The molecule has 19 heteroatoms. The Balaban J connectivity index is 0.000000271. The van der Waals surface area contributed by atoms with Crippen molar-refractivity contribution in [2.45, 2.75) is 39.5 Å². The molecule has 0 fully saturated rings. The third-order valence-electron chi connectivity index (χ3n) is 10.5. The minimum atomic E-state index is -0.242. The molecule has 394 valence electrons. The third-order valence-corrected chi connectivity index (χ3v) is 10.5. The van der Waals surface area contributed by atoms with Gasteiger partial charge in [-0.3, -0.25) is 9.59 Å². The molecule has 0 radical (unpaired) electrons. The molecular formula is C53H72N4O15. The lowest BCUT2D eigenvalue weighted by molar-refractivity contribution is -0.0344.